The van der Waals surface area contributed by atoms with Gasteiger partial charge in [0.05, 0.1) is 29.7 Å². The van der Waals surface area contributed by atoms with Crippen molar-refractivity contribution in [3.8, 4) is 11.3 Å². The molecule has 0 spiro atoms. The summed E-state index contributed by atoms with van der Waals surface area (Å²) in [6.45, 7) is 10.3. The van der Waals surface area contributed by atoms with E-state index >= 15 is 0 Å². The molecule has 0 bridgehead atoms. The maximum absolute atomic E-state index is 13.8. The molecule has 0 atom stereocenters. The van der Waals surface area contributed by atoms with E-state index in [1.165, 1.54) is 23.2 Å². The van der Waals surface area contributed by atoms with Crippen molar-refractivity contribution in [3.05, 3.63) is 83.2 Å². The van der Waals surface area contributed by atoms with E-state index in [9.17, 15) is 18.0 Å². The summed E-state index contributed by atoms with van der Waals surface area (Å²) in [4.78, 5) is 21.7. The number of rotatable bonds is 11. The van der Waals surface area contributed by atoms with Crippen LogP contribution in [0.3, 0.4) is 0 Å². The van der Waals surface area contributed by atoms with Gasteiger partial charge in [0.25, 0.3) is 5.91 Å². The van der Waals surface area contributed by atoms with Crippen molar-refractivity contribution in [3.63, 3.8) is 0 Å². The van der Waals surface area contributed by atoms with Gasteiger partial charge in [0.15, 0.2) is 11.3 Å². The highest BCUT2D eigenvalue weighted by Gasteiger charge is 2.38. The zero-order valence-electron chi connectivity index (χ0n) is 22.5. The lowest BCUT2D eigenvalue weighted by atomic mass is 9.96. The standard InChI is InChI=1S/C29H33F3N6O/c1-5-7-8-9-10-34-28(39)25-19(3)14-21(15-20(25)4)16-23-27-35-17-24(38(27)13-11-33-23)22-18-37(12-6-2)36-26(22)29(30,31)32/h6,11,13-15,17-18H,2,5,7-10,12,16H2,1,3-4H3,(H,34,39). The van der Waals surface area contributed by atoms with Crippen LogP contribution >= 0.6 is 0 Å². The number of nitrogens with zero attached hydrogens (tertiary/aromatic N) is 5. The van der Waals surface area contributed by atoms with Crippen molar-refractivity contribution in [2.45, 2.75) is 65.6 Å². The van der Waals surface area contributed by atoms with Crippen molar-refractivity contribution in [2.24, 2.45) is 0 Å². The van der Waals surface area contributed by atoms with Crippen LogP contribution in [0, 0.1) is 13.8 Å². The Morgan fingerprint density at radius 1 is 1.13 bits per heavy atom. The number of carbonyl (C=O) groups is 1. The van der Waals surface area contributed by atoms with E-state index in [2.05, 4.69) is 33.9 Å². The number of unbranched alkanes of at least 4 members (excludes halogenated alkanes) is 3. The molecule has 1 amide bonds. The molecule has 0 aliphatic heterocycles. The first-order valence-corrected chi connectivity index (χ1v) is 13.1. The first-order chi connectivity index (χ1) is 18.6. The average Bonchev–Trinajstić information content (AvgIpc) is 3.48. The Hall–Kier alpha value is -3.95. The third-order valence-electron chi connectivity index (χ3n) is 6.63. The van der Waals surface area contributed by atoms with Crippen LogP contribution in [0.25, 0.3) is 16.9 Å². The summed E-state index contributed by atoms with van der Waals surface area (Å²) < 4.78 is 44.1. The van der Waals surface area contributed by atoms with Gasteiger partial charge in [-0.25, -0.2) is 4.98 Å². The van der Waals surface area contributed by atoms with Crippen molar-refractivity contribution in [1.82, 2.24) is 29.5 Å². The molecule has 206 valence electrons. The number of aromatic nitrogens is 5. The summed E-state index contributed by atoms with van der Waals surface area (Å²) in [7, 11) is 0. The van der Waals surface area contributed by atoms with E-state index in [1.807, 2.05) is 26.0 Å². The zero-order valence-corrected chi connectivity index (χ0v) is 22.5. The van der Waals surface area contributed by atoms with Gasteiger partial charge in [0.1, 0.15) is 0 Å². The van der Waals surface area contributed by atoms with E-state index in [-0.39, 0.29) is 23.7 Å². The Morgan fingerprint density at radius 3 is 2.54 bits per heavy atom. The lowest BCUT2D eigenvalue weighted by molar-refractivity contribution is -0.141. The van der Waals surface area contributed by atoms with Gasteiger partial charge in [0, 0.05) is 37.1 Å². The van der Waals surface area contributed by atoms with E-state index in [0.29, 0.717) is 29.9 Å². The molecule has 0 saturated carbocycles. The lowest BCUT2D eigenvalue weighted by Gasteiger charge is -2.13. The number of allylic oxidation sites excluding steroid dienone is 1. The molecule has 3 heterocycles. The normalized spacial score (nSPS) is 11.7. The van der Waals surface area contributed by atoms with Crippen molar-refractivity contribution in [1.29, 1.82) is 0 Å². The van der Waals surface area contributed by atoms with Crippen LogP contribution in [0.4, 0.5) is 13.2 Å². The fourth-order valence-corrected chi connectivity index (χ4v) is 4.89. The lowest BCUT2D eigenvalue weighted by Crippen LogP contribution is -2.26. The van der Waals surface area contributed by atoms with Crippen molar-refractivity contribution < 1.29 is 18.0 Å². The van der Waals surface area contributed by atoms with Gasteiger partial charge in [-0.3, -0.25) is 18.9 Å². The fourth-order valence-electron chi connectivity index (χ4n) is 4.89. The van der Waals surface area contributed by atoms with Gasteiger partial charge in [-0.2, -0.15) is 18.3 Å². The number of hydrogen-bond acceptors (Lipinski definition) is 4. The Morgan fingerprint density at radius 2 is 1.87 bits per heavy atom. The number of alkyl halides is 3. The largest absolute Gasteiger partial charge is 0.435 e. The fraction of sp³-hybridized carbons (Fsp3) is 0.379. The second-order valence-electron chi connectivity index (χ2n) is 9.71. The quantitative estimate of drug-likeness (QED) is 0.179. The number of hydrogen-bond donors (Lipinski definition) is 1. The van der Waals surface area contributed by atoms with Crippen LogP contribution in [0.2, 0.25) is 0 Å². The average molecular weight is 539 g/mol. The molecule has 0 aliphatic carbocycles. The highest BCUT2D eigenvalue weighted by Crippen LogP contribution is 2.36. The number of nitrogens with one attached hydrogen (secondary N) is 1. The number of fused-ring (bicyclic) bond motifs is 1. The molecule has 4 aromatic rings. The highest BCUT2D eigenvalue weighted by molar-refractivity contribution is 5.97. The number of amides is 1. The second kappa shape index (κ2) is 11.8. The molecule has 7 nitrogen and oxygen atoms in total. The smallest absolute Gasteiger partial charge is 0.352 e. The van der Waals surface area contributed by atoms with Crippen LogP contribution in [-0.4, -0.2) is 36.6 Å². The van der Waals surface area contributed by atoms with E-state index < -0.39 is 11.9 Å². The molecule has 0 fully saturated rings. The molecule has 1 aromatic carbocycles. The van der Waals surface area contributed by atoms with Crippen molar-refractivity contribution >= 4 is 11.6 Å². The van der Waals surface area contributed by atoms with Gasteiger partial charge >= 0.3 is 6.18 Å². The van der Waals surface area contributed by atoms with Gasteiger partial charge in [-0.15, -0.1) is 6.58 Å². The van der Waals surface area contributed by atoms with E-state index in [0.717, 1.165) is 42.4 Å². The molecule has 4 rings (SSSR count). The summed E-state index contributed by atoms with van der Waals surface area (Å²) in [6.07, 6.45) is 7.53. The number of benzene rings is 1. The summed E-state index contributed by atoms with van der Waals surface area (Å²) in [5.74, 6) is -0.0800. The molecule has 39 heavy (non-hydrogen) atoms. The summed E-state index contributed by atoms with van der Waals surface area (Å²) in [6, 6.07) is 3.91. The number of halogens is 3. The molecule has 3 aromatic heterocycles. The predicted octanol–water partition coefficient (Wildman–Crippen LogP) is 6.32. The third-order valence-corrected chi connectivity index (χ3v) is 6.63. The first-order valence-electron chi connectivity index (χ1n) is 13.1. The second-order valence-corrected chi connectivity index (χ2v) is 9.71. The van der Waals surface area contributed by atoms with Gasteiger partial charge in [-0.1, -0.05) is 44.4 Å². The molecule has 0 unspecified atom stereocenters. The highest BCUT2D eigenvalue weighted by atomic mass is 19.4. The van der Waals surface area contributed by atoms with Crippen LogP contribution in [0.15, 0.2) is 49.6 Å². The summed E-state index contributed by atoms with van der Waals surface area (Å²) >= 11 is 0. The van der Waals surface area contributed by atoms with Crippen LogP contribution in [-0.2, 0) is 19.1 Å². The molecule has 0 saturated heterocycles. The predicted molar refractivity (Wildman–Crippen MR) is 145 cm³/mol. The topological polar surface area (TPSA) is 77.1 Å². The molecule has 1 N–H and O–H groups in total. The Bertz CT molecular complexity index is 1460. The van der Waals surface area contributed by atoms with Crippen LogP contribution in [0.1, 0.15) is 71.0 Å². The number of aryl methyl sites for hydroxylation is 2. The molecule has 0 aliphatic rings. The molecule has 0 radical (unpaired) electrons. The Kier molecular flexibility index (Phi) is 8.52. The molecular weight excluding hydrogens is 505 g/mol. The maximum Gasteiger partial charge on any atom is 0.435 e. The third kappa shape index (κ3) is 6.21. The first kappa shape index (κ1) is 28.1. The van der Waals surface area contributed by atoms with Crippen LogP contribution in [0.5, 0.6) is 0 Å². The number of carbonyl (C=O) groups excluding carboxylic acids is 1. The van der Waals surface area contributed by atoms with Crippen LogP contribution < -0.4 is 5.32 Å². The maximum atomic E-state index is 13.8. The summed E-state index contributed by atoms with van der Waals surface area (Å²) in [5.41, 5.74) is 3.62. The minimum atomic E-state index is -4.62. The number of imidazole rings is 1. The minimum Gasteiger partial charge on any atom is -0.352 e. The Balaban J connectivity index is 1.61. The summed E-state index contributed by atoms with van der Waals surface area (Å²) in [5, 5.41) is 6.75. The van der Waals surface area contributed by atoms with Gasteiger partial charge in [-0.05, 0) is 37.0 Å². The zero-order chi connectivity index (χ0) is 28.2. The Labute approximate surface area is 225 Å². The SMILES string of the molecule is C=CCn1cc(-c2cnc3c(Cc4cc(C)c(C(=O)NCCCCCC)c(C)c4)nccn23)c(C(F)(F)F)n1. The molecular formula is C29H33F3N6O. The van der Waals surface area contributed by atoms with E-state index in [1.54, 1.807) is 16.8 Å². The van der Waals surface area contributed by atoms with Gasteiger partial charge < -0.3 is 5.32 Å². The van der Waals surface area contributed by atoms with Crippen molar-refractivity contribution in [2.75, 3.05) is 6.54 Å². The molecule has 10 heteroatoms. The van der Waals surface area contributed by atoms with E-state index in [4.69, 9.17) is 0 Å². The monoisotopic (exact) mass is 538 g/mol. The van der Waals surface area contributed by atoms with Gasteiger partial charge in [0.2, 0.25) is 0 Å². The minimum absolute atomic E-state index is 0.0641.